The monoisotopic (exact) mass is 417 g/mol. The van der Waals surface area contributed by atoms with E-state index in [2.05, 4.69) is 22.0 Å². The standard InChI is InChI=1S/C20H24ClN5O3/c1-23-19(17(21)9-24-12-25-15-4-6-29-7-5-15)13-2-3-14-10-26(11-18(22)27)20(28)16(14)8-13/h2-3,8-9,15,25H,1,4-7,10-12H2,(H2,22,27)/b19-17+,24-9-. The zero-order valence-electron chi connectivity index (χ0n) is 16.1. The zero-order chi connectivity index (χ0) is 20.8. The minimum atomic E-state index is -0.548. The Balaban J connectivity index is 1.70. The van der Waals surface area contributed by atoms with Crippen LogP contribution in [0.25, 0.3) is 5.70 Å². The average Bonchev–Trinajstić information content (AvgIpc) is 3.01. The molecule has 154 valence electrons. The molecule has 0 radical (unpaired) electrons. The minimum absolute atomic E-state index is 0.112. The van der Waals surface area contributed by atoms with Crippen molar-refractivity contribution in [2.75, 3.05) is 26.4 Å². The number of carbonyl (C=O) groups excluding carboxylic acids is 2. The molecular formula is C20H24ClN5O3. The number of hydrogen-bond donors (Lipinski definition) is 2. The summed E-state index contributed by atoms with van der Waals surface area (Å²) in [4.78, 5) is 33.4. The smallest absolute Gasteiger partial charge is 0.254 e. The maximum atomic E-state index is 12.5. The summed E-state index contributed by atoms with van der Waals surface area (Å²) in [6.07, 6.45) is 3.47. The van der Waals surface area contributed by atoms with E-state index in [9.17, 15) is 9.59 Å². The van der Waals surface area contributed by atoms with Gasteiger partial charge in [0.1, 0.15) is 0 Å². The molecule has 0 aromatic heterocycles. The summed E-state index contributed by atoms with van der Waals surface area (Å²) in [6.45, 7) is 5.80. The molecule has 1 saturated heterocycles. The van der Waals surface area contributed by atoms with Crippen LogP contribution in [0, 0.1) is 0 Å². The molecule has 0 aliphatic carbocycles. The maximum absolute atomic E-state index is 12.5. The first-order chi connectivity index (χ1) is 14.0. The number of benzene rings is 1. The van der Waals surface area contributed by atoms with Crippen LogP contribution in [0.5, 0.6) is 0 Å². The molecule has 8 nitrogen and oxygen atoms in total. The molecule has 0 spiro atoms. The highest BCUT2D eigenvalue weighted by Gasteiger charge is 2.28. The molecular weight excluding hydrogens is 394 g/mol. The van der Waals surface area contributed by atoms with Crippen molar-refractivity contribution >= 4 is 42.0 Å². The Labute approximate surface area is 174 Å². The molecule has 2 aliphatic heterocycles. The van der Waals surface area contributed by atoms with E-state index in [1.807, 2.05) is 12.1 Å². The van der Waals surface area contributed by atoms with Crippen LogP contribution in [0.2, 0.25) is 0 Å². The van der Waals surface area contributed by atoms with Crippen molar-refractivity contribution < 1.29 is 14.3 Å². The van der Waals surface area contributed by atoms with Crippen molar-refractivity contribution in [2.45, 2.75) is 25.4 Å². The van der Waals surface area contributed by atoms with Gasteiger partial charge >= 0.3 is 0 Å². The quantitative estimate of drug-likeness (QED) is 0.625. The second-order valence-corrected chi connectivity index (χ2v) is 7.32. The summed E-state index contributed by atoms with van der Waals surface area (Å²) >= 11 is 6.38. The molecule has 0 saturated carbocycles. The van der Waals surface area contributed by atoms with Crippen LogP contribution in [-0.4, -0.2) is 62.1 Å². The van der Waals surface area contributed by atoms with Gasteiger partial charge < -0.3 is 15.4 Å². The van der Waals surface area contributed by atoms with Crippen molar-refractivity contribution in [3.05, 3.63) is 39.9 Å². The van der Waals surface area contributed by atoms with Crippen molar-refractivity contribution in [1.29, 1.82) is 0 Å². The van der Waals surface area contributed by atoms with E-state index < -0.39 is 5.91 Å². The lowest BCUT2D eigenvalue weighted by Gasteiger charge is -2.22. The lowest BCUT2D eigenvalue weighted by atomic mass is 10.0. The molecule has 1 aromatic carbocycles. The number of nitrogens with two attached hydrogens (primary N) is 1. The summed E-state index contributed by atoms with van der Waals surface area (Å²) in [5.41, 5.74) is 7.63. The van der Waals surface area contributed by atoms with Gasteiger partial charge in [-0.3, -0.25) is 24.9 Å². The number of carbonyl (C=O) groups is 2. The largest absolute Gasteiger partial charge is 0.381 e. The van der Waals surface area contributed by atoms with E-state index in [1.165, 1.54) is 11.1 Å². The van der Waals surface area contributed by atoms with Gasteiger partial charge in [-0.2, -0.15) is 0 Å². The number of amides is 2. The number of nitrogens with zero attached hydrogens (tertiary/aromatic N) is 3. The fourth-order valence-electron chi connectivity index (χ4n) is 3.40. The van der Waals surface area contributed by atoms with Crippen molar-refractivity contribution in [3.8, 4) is 0 Å². The molecule has 29 heavy (non-hydrogen) atoms. The van der Waals surface area contributed by atoms with Crippen LogP contribution in [0.3, 0.4) is 0 Å². The Bertz CT molecular complexity index is 862. The number of primary amides is 1. The third-order valence-electron chi connectivity index (χ3n) is 4.89. The molecule has 1 fully saturated rings. The zero-order valence-corrected chi connectivity index (χ0v) is 16.8. The van der Waals surface area contributed by atoms with Crippen molar-refractivity contribution in [3.63, 3.8) is 0 Å². The van der Waals surface area contributed by atoms with Gasteiger partial charge in [0, 0.05) is 43.1 Å². The molecule has 0 unspecified atom stereocenters. The Morgan fingerprint density at radius 1 is 1.41 bits per heavy atom. The Kier molecular flexibility index (Phi) is 7.13. The van der Waals surface area contributed by atoms with Crippen LogP contribution in [0.4, 0.5) is 0 Å². The summed E-state index contributed by atoms with van der Waals surface area (Å²) < 4.78 is 5.33. The molecule has 2 heterocycles. The fraction of sp³-hybridized carbons (Fsp3) is 0.400. The van der Waals surface area contributed by atoms with Gasteiger partial charge in [0.25, 0.3) is 5.91 Å². The topological polar surface area (TPSA) is 109 Å². The predicted molar refractivity (Wildman–Crippen MR) is 113 cm³/mol. The number of nitrogens with one attached hydrogen (secondary N) is 1. The number of allylic oxidation sites excluding steroid dienone is 1. The van der Waals surface area contributed by atoms with Crippen LogP contribution < -0.4 is 11.1 Å². The first-order valence-corrected chi connectivity index (χ1v) is 9.75. The lowest BCUT2D eigenvalue weighted by molar-refractivity contribution is -0.118. The molecule has 1 aromatic rings. The Morgan fingerprint density at radius 3 is 2.86 bits per heavy atom. The molecule has 0 bridgehead atoms. The molecule has 9 heteroatoms. The van der Waals surface area contributed by atoms with E-state index in [4.69, 9.17) is 22.1 Å². The fourth-order valence-corrected chi connectivity index (χ4v) is 3.64. The van der Waals surface area contributed by atoms with Crippen molar-refractivity contribution in [1.82, 2.24) is 10.2 Å². The van der Waals surface area contributed by atoms with E-state index in [-0.39, 0.29) is 12.5 Å². The number of ether oxygens (including phenoxy) is 1. The number of fused-ring (bicyclic) bond motifs is 1. The van der Waals surface area contributed by atoms with E-state index in [0.29, 0.717) is 41.1 Å². The lowest BCUT2D eigenvalue weighted by Crippen LogP contribution is -2.34. The second-order valence-electron chi connectivity index (χ2n) is 6.91. The summed E-state index contributed by atoms with van der Waals surface area (Å²) in [7, 11) is 0. The molecule has 2 amide bonds. The predicted octanol–water partition coefficient (Wildman–Crippen LogP) is 1.53. The van der Waals surface area contributed by atoms with E-state index in [1.54, 1.807) is 6.07 Å². The van der Waals surface area contributed by atoms with Gasteiger partial charge in [0.15, 0.2) is 0 Å². The summed E-state index contributed by atoms with van der Waals surface area (Å²) in [6, 6.07) is 5.74. The number of hydrogen-bond acceptors (Lipinski definition) is 6. The van der Waals surface area contributed by atoms with Crippen LogP contribution in [0.1, 0.15) is 34.3 Å². The number of halogens is 1. The third-order valence-corrected chi connectivity index (χ3v) is 5.17. The van der Waals surface area contributed by atoms with Crippen molar-refractivity contribution in [2.24, 2.45) is 15.7 Å². The molecule has 2 aliphatic rings. The Morgan fingerprint density at radius 2 is 2.17 bits per heavy atom. The van der Waals surface area contributed by atoms with Gasteiger partial charge in [-0.1, -0.05) is 23.7 Å². The van der Waals surface area contributed by atoms with Gasteiger partial charge in [-0.05, 0) is 31.2 Å². The normalized spacial score (nSPS) is 18.1. The third kappa shape index (κ3) is 5.29. The first kappa shape index (κ1) is 21.2. The van der Waals surface area contributed by atoms with Gasteiger partial charge in [-0.15, -0.1) is 0 Å². The Hall–Kier alpha value is -2.55. The van der Waals surface area contributed by atoms with E-state index in [0.717, 1.165) is 31.6 Å². The van der Waals surface area contributed by atoms with Gasteiger partial charge in [0.2, 0.25) is 5.91 Å². The van der Waals surface area contributed by atoms with Gasteiger partial charge in [-0.25, -0.2) is 0 Å². The first-order valence-electron chi connectivity index (χ1n) is 9.38. The number of aliphatic imine (C=N–C) groups is 2. The summed E-state index contributed by atoms with van der Waals surface area (Å²) in [5.74, 6) is -0.789. The van der Waals surface area contributed by atoms with E-state index >= 15 is 0 Å². The molecule has 3 rings (SSSR count). The van der Waals surface area contributed by atoms with Crippen LogP contribution in [0.15, 0.2) is 33.2 Å². The SMILES string of the molecule is C=N/C(=C(Cl)\C=N/CNC1CCOCC1)c1ccc2c(c1)C(=O)N(CC(N)=O)C2. The molecule has 0 atom stereocenters. The highest BCUT2D eigenvalue weighted by atomic mass is 35.5. The molecule has 3 N–H and O–H groups in total. The second kappa shape index (κ2) is 9.78. The number of rotatable bonds is 8. The summed E-state index contributed by atoms with van der Waals surface area (Å²) in [5, 5.41) is 3.67. The maximum Gasteiger partial charge on any atom is 0.254 e. The minimum Gasteiger partial charge on any atom is -0.381 e. The highest BCUT2D eigenvalue weighted by Crippen LogP contribution is 2.28. The van der Waals surface area contributed by atoms with Gasteiger partial charge in [0.05, 0.1) is 23.9 Å². The van der Waals surface area contributed by atoms with Crippen LogP contribution in [-0.2, 0) is 16.1 Å². The average molecular weight is 418 g/mol. The highest BCUT2D eigenvalue weighted by molar-refractivity contribution is 6.42. The van der Waals surface area contributed by atoms with Crippen LogP contribution >= 0.6 is 11.6 Å².